The molecule has 28 heavy (non-hydrogen) atoms. The van der Waals surface area contributed by atoms with Gasteiger partial charge in [-0.2, -0.15) is 0 Å². The van der Waals surface area contributed by atoms with E-state index >= 15 is 0 Å². The number of carbonyl (C=O) groups excluding carboxylic acids is 2. The Bertz CT molecular complexity index is 822. The largest absolute Gasteiger partial charge is 0.508 e. The fourth-order valence-electron chi connectivity index (χ4n) is 3.27. The number of carbonyl (C=O) groups is 2. The van der Waals surface area contributed by atoms with Crippen LogP contribution in [-0.4, -0.2) is 52.7 Å². The summed E-state index contributed by atoms with van der Waals surface area (Å²) >= 11 is 0. The molecule has 0 saturated carbocycles. The third-order valence-electron chi connectivity index (χ3n) is 4.69. The predicted molar refractivity (Wildman–Crippen MR) is 104 cm³/mol. The number of piperidine rings is 1. The van der Waals surface area contributed by atoms with Gasteiger partial charge in [0.2, 0.25) is 0 Å². The average molecular weight is 384 g/mol. The maximum atomic E-state index is 12.5. The number of nitrogens with one attached hydrogen (secondary N) is 1. The number of hydrogen-bond acceptors (Lipinski definition) is 5. The second kappa shape index (κ2) is 8.65. The molecule has 3 N–H and O–H groups in total. The van der Waals surface area contributed by atoms with Crippen LogP contribution in [0.1, 0.15) is 40.5 Å². The van der Waals surface area contributed by atoms with Gasteiger partial charge in [0.25, 0.3) is 11.8 Å². The number of benzene rings is 2. The molecule has 0 atom stereocenters. The zero-order valence-corrected chi connectivity index (χ0v) is 15.7. The molecule has 0 aromatic heterocycles. The van der Waals surface area contributed by atoms with E-state index in [1.54, 1.807) is 29.2 Å². The standard InChI is InChI=1S/C21H24N2O5/c1-2-28-19-5-3-14(4-6-19)20(26)22-16-7-9-23(10-8-16)21(27)15-11-17(24)13-18(25)12-15/h3-6,11-13,16,24-25H,2,7-10H2,1H3,(H,22,26). The van der Waals surface area contributed by atoms with Crippen molar-refractivity contribution in [2.75, 3.05) is 19.7 Å². The molecule has 0 spiro atoms. The second-order valence-electron chi connectivity index (χ2n) is 6.74. The minimum Gasteiger partial charge on any atom is -0.508 e. The van der Waals surface area contributed by atoms with Gasteiger partial charge in [-0.25, -0.2) is 0 Å². The van der Waals surface area contributed by atoms with E-state index in [1.807, 2.05) is 6.92 Å². The molecule has 1 aliphatic heterocycles. The monoisotopic (exact) mass is 384 g/mol. The third kappa shape index (κ3) is 4.73. The van der Waals surface area contributed by atoms with Crippen LogP contribution in [0.3, 0.4) is 0 Å². The lowest BCUT2D eigenvalue weighted by Crippen LogP contribution is -2.46. The predicted octanol–water partition coefficient (Wildman–Crippen LogP) is 2.53. The highest BCUT2D eigenvalue weighted by molar-refractivity contribution is 5.95. The number of phenols is 2. The third-order valence-corrected chi connectivity index (χ3v) is 4.69. The van der Waals surface area contributed by atoms with Gasteiger partial charge in [0.1, 0.15) is 17.2 Å². The molecule has 7 heteroatoms. The summed E-state index contributed by atoms with van der Waals surface area (Å²) in [5.41, 5.74) is 0.812. The van der Waals surface area contributed by atoms with Gasteiger partial charge in [-0.1, -0.05) is 0 Å². The lowest BCUT2D eigenvalue weighted by atomic mass is 10.0. The smallest absolute Gasteiger partial charge is 0.254 e. The number of aromatic hydroxyl groups is 2. The molecule has 1 aliphatic rings. The maximum Gasteiger partial charge on any atom is 0.254 e. The quantitative estimate of drug-likeness (QED) is 0.736. The van der Waals surface area contributed by atoms with Gasteiger partial charge in [-0.15, -0.1) is 0 Å². The van der Waals surface area contributed by atoms with Crippen molar-refractivity contribution >= 4 is 11.8 Å². The van der Waals surface area contributed by atoms with E-state index in [2.05, 4.69) is 5.32 Å². The Hall–Kier alpha value is -3.22. The number of likely N-dealkylation sites (tertiary alicyclic amines) is 1. The number of nitrogens with zero attached hydrogens (tertiary/aromatic N) is 1. The fraction of sp³-hybridized carbons (Fsp3) is 0.333. The SMILES string of the molecule is CCOc1ccc(C(=O)NC2CCN(C(=O)c3cc(O)cc(O)c3)CC2)cc1. The van der Waals surface area contributed by atoms with Gasteiger partial charge in [0, 0.05) is 36.3 Å². The van der Waals surface area contributed by atoms with Crippen LogP contribution in [0.25, 0.3) is 0 Å². The molecule has 0 aliphatic carbocycles. The number of phenolic OH excluding ortho intramolecular Hbond substituents is 2. The van der Waals surface area contributed by atoms with E-state index in [1.165, 1.54) is 18.2 Å². The molecule has 7 nitrogen and oxygen atoms in total. The van der Waals surface area contributed by atoms with E-state index < -0.39 is 0 Å². The van der Waals surface area contributed by atoms with Crippen molar-refractivity contribution in [3.63, 3.8) is 0 Å². The Kier molecular flexibility index (Phi) is 6.03. The summed E-state index contributed by atoms with van der Waals surface area (Å²) in [5, 5.41) is 22.1. The first-order valence-corrected chi connectivity index (χ1v) is 9.32. The van der Waals surface area contributed by atoms with Crippen molar-refractivity contribution in [2.45, 2.75) is 25.8 Å². The Morgan fingerprint density at radius 2 is 1.64 bits per heavy atom. The highest BCUT2D eigenvalue weighted by atomic mass is 16.5. The van der Waals surface area contributed by atoms with Gasteiger partial charge in [0.15, 0.2) is 0 Å². The van der Waals surface area contributed by atoms with Crippen LogP contribution in [0, 0.1) is 0 Å². The second-order valence-corrected chi connectivity index (χ2v) is 6.74. The van der Waals surface area contributed by atoms with E-state index in [0.29, 0.717) is 38.1 Å². The van der Waals surface area contributed by atoms with Gasteiger partial charge in [0.05, 0.1) is 6.61 Å². The molecule has 1 fully saturated rings. The normalized spacial score (nSPS) is 14.5. The molecule has 1 heterocycles. The Morgan fingerprint density at radius 1 is 1.04 bits per heavy atom. The van der Waals surface area contributed by atoms with E-state index in [0.717, 1.165) is 5.75 Å². The van der Waals surface area contributed by atoms with Crippen molar-refractivity contribution in [2.24, 2.45) is 0 Å². The molecule has 2 aromatic carbocycles. The molecule has 1 saturated heterocycles. The first-order chi connectivity index (χ1) is 13.5. The molecule has 0 bridgehead atoms. The lowest BCUT2D eigenvalue weighted by Gasteiger charge is -2.32. The zero-order valence-electron chi connectivity index (χ0n) is 15.7. The topological polar surface area (TPSA) is 99.1 Å². The van der Waals surface area contributed by atoms with Crippen molar-refractivity contribution in [1.29, 1.82) is 0 Å². The first kappa shape index (κ1) is 19.5. The summed E-state index contributed by atoms with van der Waals surface area (Å²) in [4.78, 5) is 26.6. The van der Waals surface area contributed by atoms with Crippen LogP contribution >= 0.6 is 0 Å². The lowest BCUT2D eigenvalue weighted by molar-refractivity contribution is 0.0697. The average Bonchev–Trinajstić information content (AvgIpc) is 2.68. The summed E-state index contributed by atoms with van der Waals surface area (Å²) in [5.74, 6) is 0.0267. The minimum atomic E-state index is -0.248. The van der Waals surface area contributed by atoms with E-state index in [-0.39, 0.29) is 34.9 Å². The van der Waals surface area contributed by atoms with E-state index in [9.17, 15) is 19.8 Å². The zero-order chi connectivity index (χ0) is 20.1. The molecular weight excluding hydrogens is 360 g/mol. The Balaban J connectivity index is 1.53. The highest BCUT2D eigenvalue weighted by Gasteiger charge is 2.25. The number of rotatable bonds is 5. The van der Waals surface area contributed by atoms with Crippen LogP contribution in [0.4, 0.5) is 0 Å². The first-order valence-electron chi connectivity index (χ1n) is 9.32. The number of amides is 2. The molecule has 2 aromatic rings. The van der Waals surface area contributed by atoms with Crippen molar-refractivity contribution in [3.8, 4) is 17.2 Å². The Labute approximate surface area is 163 Å². The fourth-order valence-corrected chi connectivity index (χ4v) is 3.27. The molecule has 148 valence electrons. The number of hydrogen-bond donors (Lipinski definition) is 3. The molecule has 0 radical (unpaired) electrons. The molecule has 3 rings (SSSR count). The van der Waals surface area contributed by atoms with Gasteiger partial charge < -0.3 is 25.2 Å². The maximum absolute atomic E-state index is 12.5. The van der Waals surface area contributed by atoms with Crippen molar-refractivity contribution in [1.82, 2.24) is 10.2 Å². The molecular formula is C21H24N2O5. The molecule has 2 amide bonds. The summed E-state index contributed by atoms with van der Waals surface area (Å²) in [6.07, 6.45) is 1.28. The van der Waals surface area contributed by atoms with E-state index in [4.69, 9.17) is 4.74 Å². The van der Waals surface area contributed by atoms with Crippen LogP contribution in [0.5, 0.6) is 17.2 Å². The summed E-state index contributed by atoms with van der Waals surface area (Å²) < 4.78 is 5.38. The van der Waals surface area contributed by atoms with Gasteiger partial charge >= 0.3 is 0 Å². The summed E-state index contributed by atoms with van der Waals surface area (Å²) in [6.45, 7) is 3.46. The minimum absolute atomic E-state index is 0.0132. The van der Waals surface area contributed by atoms with Crippen molar-refractivity contribution < 1.29 is 24.5 Å². The summed E-state index contributed by atoms with van der Waals surface area (Å²) in [6, 6.07) is 10.8. The van der Waals surface area contributed by atoms with Crippen LogP contribution in [-0.2, 0) is 0 Å². The highest BCUT2D eigenvalue weighted by Crippen LogP contribution is 2.23. The van der Waals surface area contributed by atoms with Crippen LogP contribution < -0.4 is 10.1 Å². The number of ether oxygens (including phenoxy) is 1. The van der Waals surface area contributed by atoms with Crippen molar-refractivity contribution in [3.05, 3.63) is 53.6 Å². The summed E-state index contributed by atoms with van der Waals surface area (Å²) in [7, 11) is 0. The van der Waals surface area contributed by atoms with Gasteiger partial charge in [-0.3, -0.25) is 9.59 Å². The Morgan fingerprint density at radius 3 is 2.21 bits per heavy atom. The van der Waals surface area contributed by atoms with Crippen LogP contribution in [0.2, 0.25) is 0 Å². The molecule has 0 unspecified atom stereocenters. The van der Waals surface area contributed by atoms with Gasteiger partial charge in [-0.05, 0) is 56.2 Å². The van der Waals surface area contributed by atoms with Crippen LogP contribution in [0.15, 0.2) is 42.5 Å².